The lowest BCUT2D eigenvalue weighted by Crippen LogP contribution is -2.88. The molecule has 2 heteroatoms. The second-order valence-electron chi connectivity index (χ2n) is 5.17. The Labute approximate surface area is 113 Å². The van der Waals surface area contributed by atoms with Gasteiger partial charge in [-0.3, -0.25) is 4.79 Å². The lowest BCUT2D eigenvalue weighted by atomic mass is 9.89. The number of hydrogen-bond acceptors (Lipinski definition) is 1. The topological polar surface area (TPSA) is 33.7 Å². The molecule has 2 atom stereocenters. The highest BCUT2D eigenvalue weighted by atomic mass is 16.1. The van der Waals surface area contributed by atoms with Crippen molar-refractivity contribution in [3.05, 3.63) is 71.8 Å². The molecule has 0 radical (unpaired) electrons. The molecule has 0 unspecified atom stereocenters. The van der Waals surface area contributed by atoms with Crippen LogP contribution in [0.15, 0.2) is 60.7 Å². The first kappa shape index (κ1) is 12.1. The van der Waals surface area contributed by atoms with E-state index in [9.17, 15) is 4.79 Å². The summed E-state index contributed by atoms with van der Waals surface area (Å²) in [6, 6.07) is 21.2. The summed E-state index contributed by atoms with van der Waals surface area (Å²) in [5.41, 5.74) is 2.49. The highest BCUT2D eigenvalue weighted by molar-refractivity contribution is 5.80. The van der Waals surface area contributed by atoms with Crippen LogP contribution in [0.3, 0.4) is 0 Å². The molecule has 0 aromatic heterocycles. The van der Waals surface area contributed by atoms with Gasteiger partial charge in [-0.1, -0.05) is 60.7 Å². The van der Waals surface area contributed by atoms with E-state index in [-0.39, 0.29) is 12.1 Å². The SMILES string of the molecule is O=C1C[C@@H](c2ccccc2)[NH2+][C@@H](c2ccccc2)C1. The number of Topliss-reactive ketones (excluding diaryl/α,β-unsaturated/α-hetero) is 1. The number of nitrogens with two attached hydrogens (primary N) is 1. The third-order valence-corrected chi connectivity index (χ3v) is 3.82. The Morgan fingerprint density at radius 1 is 0.737 bits per heavy atom. The summed E-state index contributed by atoms with van der Waals surface area (Å²) in [4.78, 5) is 12.0. The summed E-state index contributed by atoms with van der Waals surface area (Å²) in [6.07, 6.45) is 1.29. The van der Waals surface area contributed by atoms with E-state index in [4.69, 9.17) is 0 Å². The van der Waals surface area contributed by atoms with Gasteiger partial charge < -0.3 is 5.32 Å². The van der Waals surface area contributed by atoms with Gasteiger partial charge in [-0.25, -0.2) is 0 Å². The lowest BCUT2D eigenvalue weighted by molar-refractivity contribution is -0.737. The Bertz CT molecular complexity index is 500. The molecule has 96 valence electrons. The van der Waals surface area contributed by atoms with Crippen LogP contribution in [0.2, 0.25) is 0 Å². The molecule has 1 aliphatic rings. The zero-order chi connectivity index (χ0) is 13.1. The maximum Gasteiger partial charge on any atom is 0.145 e. The van der Waals surface area contributed by atoms with Gasteiger partial charge in [-0.05, 0) is 0 Å². The van der Waals surface area contributed by atoms with E-state index in [2.05, 4.69) is 29.6 Å². The quantitative estimate of drug-likeness (QED) is 0.875. The fraction of sp³-hybridized carbons (Fsp3) is 0.235. The summed E-state index contributed by atoms with van der Waals surface area (Å²) in [7, 11) is 0. The number of rotatable bonds is 2. The van der Waals surface area contributed by atoms with Crippen LogP contribution >= 0.6 is 0 Å². The van der Waals surface area contributed by atoms with E-state index < -0.39 is 0 Å². The van der Waals surface area contributed by atoms with Crippen molar-refractivity contribution in [2.45, 2.75) is 24.9 Å². The molecule has 1 aliphatic heterocycles. The molecule has 2 N–H and O–H groups in total. The van der Waals surface area contributed by atoms with E-state index >= 15 is 0 Å². The van der Waals surface area contributed by atoms with Crippen molar-refractivity contribution in [2.24, 2.45) is 0 Å². The zero-order valence-corrected chi connectivity index (χ0v) is 10.8. The number of benzene rings is 2. The molecule has 0 amide bonds. The number of hydrogen-bond donors (Lipinski definition) is 1. The van der Waals surface area contributed by atoms with Gasteiger partial charge in [0.1, 0.15) is 17.9 Å². The number of carbonyl (C=O) groups excluding carboxylic acids is 1. The smallest absolute Gasteiger partial charge is 0.145 e. The standard InChI is InChI=1S/C17H17NO/c19-15-11-16(13-7-3-1-4-8-13)18-17(12-15)14-9-5-2-6-10-14/h1-10,16-18H,11-12H2/p+1/t16-,17+. The van der Waals surface area contributed by atoms with Crippen molar-refractivity contribution >= 4 is 5.78 Å². The molecular formula is C17H18NO+. The summed E-state index contributed by atoms with van der Waals surface area (Å²) in [5.74, 6) is 0.366. The second kappa shape index (κ2) is 5.37. The van der Waals surface area contributed by atoms with Crippen LogP contribution in [0, 0.1) is 0 Å². The van der Waals surface area contributed by atoms with Crippen molar-refractivity contribution in [2.75, 3.05) is 0 Å². The predicted molar refractivity (Wildman–Crippen MR) is 74.5 cm³/mol. The first-order chi connectivity index (χ1) is 9.33. The van der Waals surface area contributed by atoms with E-state index in [0.29, 0.717) is 18.6 Å². The molecule has 0 aliphatic carbocycles. The summed E-state index contributed by atoms with van der Waals surface area (Å²) in [5, 5.41) is 2.34. The normalized spacial score (nSPS) is 23.3. The van der Waals surface area contributed by atoms with Crippen LogP contribution in [0.4, 0.5) is 0 Å². The Hall–Kier alpha value is -1.93. The van der Waals surface area contributed by atoms with Gasteiger partial charge in [0.25, 0.3) is 0 Å². The highest BCUT2D eigenvalue weighted by Gasteiger charge is 2.31. The zero-order valence-electron chi connectivity index (χ0n) is 10.8. The fourth-order valence-electron chi connectivity index (χ4n) is 2.85. The van der Waals surface area contributed by atoms with Gasteiger partial charge in [0.15, 0.2) is 0 Å². The van der Waals surface area contributed by atoms with Gasteiger partial charge >= 0.3 is 0 Å². The average molecular weight is 252 g/mol. The molecule has 0 bridgehead atoms. The number of quaternary nitrogens is 1. The van der Waals surface area contributed by atoms with Crippen molar-refractivity contribution in [3.8, 4) is 0 Å². The Balaban J connectivity index is 1.84. The van der Waals surface area contributed by atoms with Crippen LogP contribution < -0.4 is 5.32 Å². The molecule has 0 spiro atoms. The number of piperidine rings is 1. The van der Waals surface area contributed by atoms with Crippen LogP contribution in [0.1, 0.15) is 36.1 Å². The molecule has 1 saturated heterocycles. The molecule has 19 heavy (non-hydrogen) atoms. The maximum absolute atomic E-state index is 12.0. The molecular weight excluding hydrogens is 234 g/mol. The highest BCUT2D eigenvalue weighted by Crippen LogP contribution is 2.24. The van der Waals surface area contributed by atoms with Crippen LogP contribution in [0.5, 0.6) is 0 Å². The van der Waals surface area contributed by atoms with Crippen molar-refractivity contribution in [1.82, 2.24) is 0 Å². The molecule has 1 fully saturated rings. The Morgan fingerprint density at radius 2 is 1.16 bits per heavy atom. The molecule has 1 heterocycles. The lowest BCUT2D eigenvalue weighted by Gasteiger charge is -2.27. The third kappa shape index (κ3) is 2.74. The van der Waals surface area contributed by atoms with Gasteiger partial charge in [0.2, 0.25) is 0 Å². The Morgan fingerprint density at radius 3 is 1.58 bits per heavy atom. The van der Waals surface area contributed by atoms with Crippen molar-refractivity contribution < 1.29 is 10.1 Å². The first-order valence-corrected chi connectivity index (χ1v) is 6.79. The first-order valence-electron chi connectivity index (χ1n) is 6.79. The van der Waals surface area contributed by atoms with Gasteiger partial charge in [0.05, 0.1) is 12.8 Å². The van der Waals surface area contributed by atoms with Crippen LogP contribution in [-0.4, -0.2) is 5.78 Å². The molecule has 2 aromatic rings. The average Bonchev–Trinajstić information content (AvgIpc) is 2.48. The fourth-order valence-corrected chi connectivity index (χ4v) is 2.85. The minimum atomic E-state index is 0.257. The van der Waals surface area contributed by atoms with E-state index in [1.807, 2.05) is 36.4 Å². The number of ketones is 1. The van der Waals surface area contributed by atoms with E-state index in [1.165, 1.54) is 11.1 Å². The molecule has 3 rings (SSSR count). The minimum Gasteiger partial charge on any atom is -0.333 e. The summed E-state index contributed by atoms with van der Waals surface area (Å²) < 4.78 is 0. The minimum absolute atomic E-state index is 0.257. The van der Waals surface area contributed by atoms with E-state index in [1.54, 1.807) is 0 Å². The van der Waals surface area contributed by atoms with Crippen molar-refractivity contribution in [3.63, 3.8) is 0 Å². The van der Waals surface area contributed by atoms with Crippen LogP contribution in [0.25, 0.3) is 0 Å². The van der Waals surface area contributed by atoms with Crippen molar-refractivity contribution in [1.29, 1.82) is 0 Å². The molecule has 0 saturated carbocycles. The molecule has 2 aromatic carbocycles. The monoisotopic (exact) mass is 252 g/mol. The van der Waals surface area contributed by atoms with E-state index in [0.717, 1.165) is 0 Å². The number of carbonyl (C=O) groups is 1. The molecule has 2 nitrogen and oxygen atoms in total. The third-order valence-electron chi connectivity index (χ3n) is 3.82. The summed E-state index contributed by atoms with van der Waals surface area (Å²) >= 11 is 0. The van der Waals surface area contributed by atoms with Gasteiger partial charge in [-0.2, -0.15) is 0 Å². The summed E-state index contributed by atoms with van der Waals surface area (Å²) in [6.45, 7) is 0. The maximum atomic E-state index is 12.0. The second-order valence-corrected chi connectivity index (χ2v) is 5.17. The van der Waals surface area contributed by atoms with Crippen LogP contribution in [-0.2, 0) is 4.79 Å². The predicted octanol–water partition coefficient (Wildman–Crippen LogP) is 2.40. The van der Waals surface area contributed by atoms with Gasteiger partial charge in [0, 0.05) is 11.1 Å². The van der Waals surface area contributed by atoms with Gasteiger partial charge in [-0.15, -0.1) is 0 Å². The Kier molecular flexibility index (Phi) is 3.43. The largest absolute Gasteiger partial charge is 0.333 e.